The van der Waals surface area contributed by atoms with Gasteiger partial charge in [-0.3, -0.25) is 0 Å². The van der Waals surface area contributed by atoms with Gasteiger partial charge in [0.05, 0.1) is 6.33 Å². The zero-order valence-corrected chi connectivity index (χ0v) is 9.55. The number of nitrogens with zero attached hydrogens (tertiary/aromatic N) is 2. The van der Waals surface area contributed by atoms with Crippen molar-refractivity contribution in [3.8, 4) is 0 Å². The highest BCUT2D eigenvalue weighted by atomic mass is 32.2. The fourth-order valence-corrected chi connectivity index (χ4v) is 2.46. The quantitative estimate of drug-likeness (QED) is 0.818. The van der Waals surface area contributed by atoms with E-state index in [1.165, 1.54) is 5.69 Å². The summed E-state index contributed by atoms with van der Waals surface area (Å²) in [5.74, 6) is 1.84. The monoisotopic (exact) mass is 211 g/mol. The molecule has 0 bridgehead atoms. The molecule has 1 aromatic rings. The molecule has 0 spiro atoms. The van der Waals surface area contributed by atoms with E-state index in [0.29, 0.717) is 12.0 Å². The van der Waals surface area contributed by atoms with Crippen molar-refractivity contribution in [1.82, 2.24) is 14.9 Å². The van der Waals surface area contributed by atoms with Crippen LogP contribution in [0, 0.1) is 0 Å². The second kappa shape index (κ2) is 4.36. The number of rotatable bonds is 4. The van der Waals surface area contributed by atoms with Crippen molar-refractivity contribution in [2.24, 2.45) is 0 Å². The van der Waals surface area contributed by atoms with E-state index in [1.54, 1.807) is 0 Å². The lowest BCUT2D eigenvalue weighted by atomic mass is 9.99. The van der Waals surface area contributed by atoms with Gasteiger partial charge in [-0.05, 0) is 13.2 Å². The van der Waals surface area contributed by atoms with E-state index in [9.17, 15) is 0 Å². The Morgan fingerprint density at radius 3 is 3.07 bits per heavy atom. The van der Waals surface area contributed by atoms with E-state index in [0.717, 1.165) is 18.8 Å². The van der Waals surface area contributed by atoms with Crippen LogP contribution in [0.3, 0.4) is 0 Å². The molecule has 2 rings (SSSR count). The van der Waals surface area contributed by atoms with E-state index >= 15 is 0 Å². The largest absolute Gasteiger partial charge is 0.331 e. The lowest BCUT2D eigenvalue weighted by molar-refractivity contribution is 0.415. The second-order valence-corrected chi connectivity index (χ2v) is 4.80. The van der Waals surface area contributed by atoms with Crippen LogP contribution in [-0.4, -0.2) is 34.6 Å². The molecule has 1 unspecified atom stereocenters. The fourth-order valence-electron chi connectivity index (χ4n) is 1.82. The molecule has 1 atom stereocenters. The Morgan fingerprint density at radius 1 is 1.71 bits per heavy atom. The SMILES string of the molecule is CSCC(C)n1cncc1C1CNC1. The first kappa shape index (κ1) is 10.1. The van der Waals surface area contributed by atoms with Crippen molar-refractivity contribution >= 4 is 11.8 Å². The molecule has 78 valence electrons. The second-order valence-electron chi connectivity index (χ2n) is 3.89. The van der Waals surface area contributed by atoms with E-state index < -0.39 is 0 Å². The molecular formula is C10H17N3S. The molecule has 4 heteroatoms. The van der Waals surface area contributed by atoms with Crippen LogP contribution in [0.15, 0.2) is 12.5 Å². The van der Waals surface area contributed by atoms with Crippen LogP contribution in [0.5, 0.6) is 0 Å². The number of thioether (sulfide) groups is 1. The molecule has 1 aromatic heterocycles. The molecule has 0 amide bonds. The summed E-state index contributed by atoms with van der Waals surface area (Å²) in [6.07, 6.45) is 6.13. The zero-order chi connectivity index (χ0) is 9.97. The van der Waals surface area contributed by atoms with E-state index in [-0.39, 0.29) is 0 Å². The van der Waals surface area contributed by atoms with Gasteiger partial charge in [-0.1, -0.05) is 0 Å². The van der Waals surface area contributed by atoms with Crippen LogP contribution in [0.2, 0.25) is 0 Å². The lowest BCUT2D eigenvalue weighted by Gasteiger charge is -2.29. The maximum absolute atomic E-state index is 4.25. The van der Waals surface area contributed by atoms with Gasteiger partial charge >= 0.3 is 0 Å². The van der Waals surface area contributed by atoms with E-state index in [4.69, 9.17) is 0 Å². The van der Waals surface area contributed by atoms with Crippen molar-refractivity contribution in [2.75, 3.05) is 25.1 Å². The lowest BCUT2D eigenvalue weighted by Crippen LogP contribution is -2.41. The maximum atomic E-state index is 4.25. The van der Waals surface area contributed by atoms with Crippen LogP contribution in [0.1, 0.15) is 24.6 Å². The number of hydrogen-bond acceptors (Lipinski definition) is 3. The fraction of sp³-hybridized carbons (Fsp3) is 0.700. The average Bonchev–Trinajstić information content (AvgIpc) is 2.50. The van der Waals surface area contributed by atoms with Crippen molar-refractivity contribution in [3.63, 3.8) is 0 Å². The van der Waals surface area contributed by atoms with Gasteiger partial charge in [-0.15, -0.1) is 0 Å². The van der Waals surface area contributed by atoms with Gasteiger partial charge in [0, 0.05) is 42.7 Å². The van der Waals surface area contributed by atoms with Gasteiger partial charge < -0.3 is 9.88 Å². The molecule has 0 radical (unpaired) electrons. The zero-order valence-electron chi connectivity index (χ0n) is 8.73. The molecule has 0 saturated carbocycles. The molecule has 1 aliphatic heterocycles. The highest BCUT2D eigenvalue weighted by Gasteiger charge is 2.23. The van der Waals surface area contributed by atoms with E-state index in [2.05, 4.69) is 28.0 Å². The maximum Gasteiger partial charge on any atom is 0.0951 e. The summed E-state index contributed by atoms with van der Waals surface area (Å²) in [6.45, 7) is 4.48. The smallest absolute Gasteiger partial charge is 0.0951 e. The Balaban J connectivity index is 2.11. The molecule has 1 aliphatic rings. The molecule has 2 heterocycles. The summed E-state index contributed by atoms with van der Waals surface area (Å²) in [7, 11) is 0. The number of hydrogen-bond donors (Lipinski definition) is 1. The predicted molar refractivity (Wildman–Crippen MR) is 60.9 cm³/mol. The van der Waals surface area contributed by atoms with Gasteiger partial charge in [-0.25, -0.2) is 4.98 Å². The van der Waals surface area contributed by atoms with Crippen LogP contribution in [-0.2, 0) is 0 Å². The topological polar surface area (TPSA) is 29.9 Å². The van der Waals surface area contributed by atoms with Crippen molar-refractivity contribution < 1.29 is 0 Å². The van der Waals surface area contributed by atoms with Gasteiger partial charge in [0.1, 0.15) is 0 Å². The van der Waals surface area contributed by atoms with Crippen LogP contribution in [0.4, 0.5) is 0 Å². The van der Waals surface area contributed by atoms with Crippen molar-refractivity contribution in [3.05, 3.63) is 18.2 Å². The van der Waals surface area contributed by atoms with Gasteiger partial charge in [0.15, 0.2) is 0 Å². The van der Waals surface area contributed by atoms with Crippen LogP contribution >= 0.6 is 11.8 Å². The first-order valence-electron chi connectivity index (χ1n) is 5.04. The molecule has 0 aromatic carbocycles. The number of aromatic nitrogens is 2. The van der Waals surface area contributed by atoms with E-state index in [1.807, 2.05) is 24.3 Å². The standard InChI is InChI=1S/C10H17N3S/c1-8(6-14-2)13-7-12-5-10(13)9-3-11-4-9/h5,7-9,11H,3-4,6H2,1-2H3. The average molecular weight is 211 g/mol. The first-order valence-corrected chi connectivity index (χ1v) is 6.43. The third-order valence-electron chi connectivity index (χ3n) is 2.78. The molecule has 0 aliphatic carbocycles. The number of imidazole rings is 1. The first-order chi connectivity index (χ1) is 6.83. The Labute approximate surface area is 89.3 Å². The summed E-state index contributed by atoms with van der Waals surface area (Å²) in [5.41, 5.74) is 1.39. The van der Waals surface area contributed by atoms with Gasteiger partial charge in [0.25, 0.3) is 0 Å². The Hall–Kier alpha value is -0.480. The Bertz CT molecular complexity index is 293. The molecule has 1 saturated heterocycles. The predicted octanol–water partition coefficient (Wildman–Crippen LogP) is 1.49. The Kier molecular flexibility index (Phi) is 3.13. The number of nitrogens with one attached hydrogen (secondary N) is 1. The summed E-state index contributed by atoms with van der Waals surface area (Å²) in [6, 6.07) is 0.558. The summed E-state index contributed by atoms with van der Waals surface area (Å²) < 4.78 is 2.32. The minimum atomic E-state index is 0.558. The van der Waals surface area contributed by atoms with Crippen LogP contribution < -0.4 is 5.32 Å². The molecule has 14 heavy (non-hydrogen) atoms. The van der Waals surface area contributed by atoms with Gasteiger partial charge in [0.2, 0.25) is 0 Å². The summed E-state index contributed by atoms with van der Waals surface area (Å²) in [5, 5.41) is 3.30. The highest BCUT2D eigenvalue weighted by molar-refractivity contribution is 7.98. The van der Waals surface area contributed by atoms with Crippen molar-refractivity contribution in [2.45, 2.75) is 18.9 Å². The molecule has 1 fully saturated rings. The summed E-state index contributed by atoms with van der Waals surface area (Å²) in [4.78, 5) is 4.25. The minimum Gasteiger partial charge on any atom is -0.331 e. The normalized spacial score (nSPS) is 19.3. The highest BCUT2D eigenvalue weighted by Crippen LogP contribution is 2.23. The third kappa shape index (κ3) is 1.81. The minimum absolute atomic E-state index is 0.558. The third-order valence-corrected chi connectivity index (χ3v) is 3.59. The molecular weight excluding hydrogens is 194 g/mol. The molecule has 3 nitrogen and oxygen atoms in total. The summed E-state index contributed by atoms with van der Waals surface area (Å²) >= 11 is 1.89. The molecule has 1 N–H and O–H groups in total. The van der Waals surface area contributed by atoms with Crippen molar-refractivity contribution in [1.29, 1.82) is 0 Å². The van der Waals surface area contributed by atoms with Crippen LogP contribution in [0.25, 0.3) is 0 Å². The Morgan fingerprint density at radius 2 is 2.50 bits per heavy atom. The van der Waals surface area contributed by atoms with Gasteiger partial charge in [-0.2, -0.15) is 11.8 Å².